The van der Waals surface area contributed by atoms with E-state index in [0.29, 0.717) is 12.2 Å². The van der Waals surface area contributed by atoms with Crippen molar-refractivity contribution in [3.05, 3.63) is 59.7 Å². The summed E-state index contributed by atoms with van der Waals surface area (Å²) in [4.78, 5) is 4.38. The molecule has 0 atom stereocenters. The number of rotatable bonds is 6. The first-order valence-corrected chi connectivity index (χ1v) is 7.65. The molecule has 0 aliphatic carbocycles. The molecule has 1 aromatic heterocycles. The van der Waals surface area contributed by atoms with Crippen LogP contribution in [-0.4, -0.2) is 15.6 Å². The lowest BCUT2D eigenvalue weighted by Gasteiger charge is -2.26. The smallest absolute Gasteiger partial charge is 0.164 e. The molecule has 6 heteroatoms. The molecule has 3 N–H and O–H groups in total. The molecule has 0 saturated carbocycles. The molecule has 1 heterocycles. The number of ether oxygens (including phenoxy) is 1. The van der Waals surface area contributed by atoms with Gasteiger partial charge in [-0.3, -0.25) is 4.98 Å². The van der Waals surface area contributed by atoms with Crippen molar-refractivity contribution in [2.24, 2.45) is 5.73 Å². The summed E-state index contributed by atoms with van der Waals surface area (Å²) in [7, 11) is 0. The van der Waals surface area contributed by atoms with Crippen LogP contribution in [0.4, 0.5) is 4.39 Å². The van der Waals surface area contributed by atoms with Crippen LogP contribution in [0.3, 0.4) is 0 Å². The van der Waals surface area contributed by atoms with E-state index in [9.17, 15) is 4.39 Å². The van der Waals surface area contributed by atoms with E-state index >= 15 is 0 Å². The molecule has 0 unspecified atom stereocenters. The van der Waals surface area contributed by atoms with Gasteiger partial charge in [0, 0.05) is 18.2 Å². The van der Waals surface area contributed by atoms with Crippen molar-refractivity contribution in [3.8, 4) is 5.75 Å². The lowest BCUT2D eigenvalue weighted by atomic mass is 9.98. The second-order valence-corrected chi connectivity index (χ2v) is 6.36. The standard InChI is InChI=1S/C17H20FN3OS/c1-17(2,21-16(19)23)10-14-15(7-4-8-20-14)22-11-12-5-3-6-13(18)9-12/h3-9H,10-11H2,1-2H3,(H3,19,21,23). The number of thiocarbonyl (C=S) groups is 1. The average molecular weight is 333 g/mol. The lowest BCUT2D eigenvalue weighted by Crippen LogP contribution is -2.47. The number of hydrogen-bond acceptors (Lipinski definition) is 3. The van der Waals surface area contributed by atoms with Gasteiger partial charge in [-0.2, -0.15) is 0 Å². The summed E-state index contributed by atoms with van der Waals surface area (Å²) in [5, 5.41) is 3.28. The molecule has 2 rings (SSSR count). The van der Waals surface area contributed by atoms with E-state index in [2.05, 4.69) is 10.3 Å². The third-order valence-corrected chi connectivity index (χ3v) is 3.30. The normalized spacial score (nSPS) is 11.1. The van der Waals surface area contributed by atoms with Crippen LogP contribution in [0.1, 0.15) is 25.1 Å². The highest BCUT2D eigenvalue weighted by Crippen LogP contribution is 2.22. The zero-order valence-corrected chi connectivity index (χ0v) is 14.0. The van der Waals surface area contributed by atoms with E-state index in [1.54, 1.807) is 18.3 Å². The first kappa shape index (κ1) is 17.1. The van der Waals surface area contributed by atoms with E-state index in [1.165, 1.54) is 12.1 Å². The van der Waals surface area contributed by atoms with Crippen molar-refractivity contribution in [1.82, 2.24) is 10.3 Å². The minimum atomic E-state index is -0.350. The molecule has 2 aromatic rings. The molecule has 0 spiro atoms. The Hall–Kier alpha value is -2.21. The number of benzene rings is 1. The first-order chi connectivity index (χ1) is 10.9. The molecular weight excluding hydrogens is 313 g/mol. The highest BCUT2D eigenvalue weighted by atomic mass is 32.1. The molecule has 0 bridgehead atoms. The fourth-order valence-electron chi connectivity index (χ4n) is 2.27. The van der Waals surface area contributed by atoms with Crippen molar-refractivity contribution in [2.75, 3.05) is 0 Å². The monoisotopic (exact) mass is 333 g/mol. The zero-order chi connectivity index (χ0) is 16.9. The second-order valence-electron chi connectivity index (χ2n) is 5.92. The van der Waals surface area contributed by atoms with Gasteiger partial charge in [0.05, 0.1) is 5.69 Å². The fourth-order valence-corrected chi connectivity index (χ4v) is 2.55. The lowest BCUT2D eigenvalue weighted by molar-refractivity contribution is 0.297. The van der Waals surface area contributed by atoms with Gasteiger partial charge in [0.25, 0.3) is 0 Å². The predicted molar refractivity (Wildman–Crippen MR) is 92.7 cm³/mol. The Morgan fingerprint density at radius 1 is 1.35 bits per heavy atom. The molecule has 0 aliphatic rings. The van der Waals surface area contributed by atoms with E-state index in [0.717, 1.165) is 11.3 Å². The van der Waals surface area contributed by atoms with Crippen molar-refractivity contribution in [1.29, 1.82) is 0 Å². The summed E-state index contributed by atoms with van der Waals surface area (Å²) in [5.74, 6) is 0.383. The Balaban J connectivity index is 2.09. The average Bonchev–Trinajstić information content (AvgIpc) is 2.44. The summed E-state index contributed by atoms with van der Waals surface area (Å²) < 4.78 is 19.0. The quantitative estimate of drug-likeness (QED) is 0.796. The maximum absolute atomic E-state index is 13.2. The van der Waals surface area contributed by atoms with E-state index < -0.39 is 0 Å². The highest BCUT2D eigenvalue weighted by molar-refractivity contribution is 7.80. The van der Waals surface area contributed by atoms with Crippen molar-refractivity contribution < 1.29 is 9.13 Å². The Bertz CT molecular complexity index is 691. The van der Waals surface area contributed by atoms with Crippen LogP contribution >= 0.6 is 12.2 Å². The van der Waals surface area contributed by atoms with Gasteiger partial charge in [-0.1, -0.05) is 12.1 Å². The Kier molecular flexibility index (Phi) is 5.50. The maximum Gasteiger partial charge on any atom is 0.164 e. The third-order valence-electron chi connectivity index (χ3n) is 3.20. The first-order valence-electron chi connectivity index (χ1n) is 7.24. The van der Waals surface area contributed by atoms with Gasteiger partial charge in [0.1, 0.15) is 18.2 Å². The zero-order valence-electron chi connectivity index (χ0n) is 13.2. The maximum atomic E-state index is 13.2. The van der Waals surface area contributed by atoms with Gasteiger partial charge in [0.15, 0.2) is 5.11 Å². The van der Waals surface area contributed by atoms with Gasteiger partial charge >= 0.3 is 0 Å². The minimum absolute atomic E-state index is 0.244. The molecule has 0 amide bonds. The highest BCUT2D eigenvalue weighted by Gasteiger charge is 2.21. The van der Waals surface area contributed by atoms with Gasteiger partial charge in [-0.15, -0.1) is 0 Å². The summed E-state index contributed by atoms with van der Waals surface area (Å²) >= 11 is 4.90. The molecule has 23 heavy (non-hydrogen) atoms. The Labute approximate surface area is 140 Å². The summed E-state index contributed by atoms with van der Waals surface area (Å²) in [6.45, 7) is 4.24. The van der Waals surface area contributed by atoms with Gasteiger partial charge in [-0.05, 0) is 55.9 Å². The van der Waals surface area contributed by atoms with Crippen LogP contribution in [0.25, 0.3) is 0 Å². The molecule has 0 aliphatic heterocycles. The molecule has 1 aromatic carbocycles. The Morgan fingerprint density at radius 2 is 2.13 bits per heavy atom. The summed E-state index contributed by atoms with van der Waals surface area (Å²) in [6, 6.07) is 9.99. The minimum Gasteiger partial charge on any atom is -0.487 e. The number of nitrogens with zero attached hydrogens (tertiary/aromatic N) is 1. The van der Waals surface area contributed by atoms with Crippen molar-refractivity contribution >= 4 is 17.3 Å². The van der Waals surface area contributed by atoms with E-state index in [-0.39, 0.29) is 23.1 Å². The van der Waals surface area contributed by atoms with Crippen LogP contribution in [0.5, 0.6) is 5.75 Å². The van der Waals surface area contributed by atoms with E-state index in [1.807, 2.05) is 26.0 Å². The molecule has 122 valence electrons. The largest absolute Gasteiger partial charge is 0.487 e. The molecule has 0 fully saturated rings. The molecule has 4 nitrogen and oxygen atoms in total. The number of nitrogens with one attached hydrogen (secondary N) is 1. The van der Waals surface area contributed by atoms with Gasteiger partial charge in [-0.25, -0.2) is 4.39 Å². The summed E-state index contributed by atoms with van der Waals surface area (Å²) in [5.41, 5.74) is 6.76. The van der Waals surface area contributed by atoms with Crippen molar-refractivity contribution in [2.45, 2.75) is 32.4 Å². The molecule has 0 radical (unpaired) electrons. The SMILES string of the molecule is CC(C)(Cc1ncccc1OCc1cccc(F)c1)NC(N)=S. The topological polar surface area (TPSA) is 60.2 Å². The van der Waals surface area contributed by atoms with E-state index in [4.69, 9.17) is 22.7 Å². The number of pyridine rings is 1. The van der Waals surface area contributed by atoms with Crippen molar-refractivity contribution in [3.63, 3.8) is 0 Å². The fraction of sp³-hybridized carbons (Fsp3) is 0.294. The number of aromatic nitrogens is 1. The van der Waals surface area contributed by atoms with Gasteiger partial charge in [0.2, 0.25) is 0 Å². The van der Waals surface area contributed by atoms with Crippen LogP contribution in [0, 0.1) is 5.82 Å². The molecular formula is C17H20FN3OS. The number of halogens is 1. The van der Waals surface area contributed by atoms with Crippen LogP contribution in [-0.2, 0) is 13.0 Å². The third kappa shape index (κ3) is 5.49. The van der Waals surface area contributed by atoms with Crippen LogP contribution < -0.4 is 15.8 Å². The molecule has 0 saturated heterocycles. The van der Waals surface area contributed by atoms with Crippen LogP contribution in [0.2, 0.25) is 0 Å². The summed E-state index contributed by atoms with van der Waals surface area (Å²) in [6.07, 6.45) is 2.30. The number of nitrogens with two attached hydrogens (primary N) is 1. The number of hydrogen-bond donors (Lipinski definition) is 2. The predicted octanol–water partition coefficient (Wildman–Crippen LogP) is 2.95. The van der Waals surface area contributed by atoms with Crippen LogP contribution in [0.15, 0.2) is 42.6 Å². The van der Waals surface area contributed by atoms with Gasteiger partial charge < -0.3 is 15.8 Å². The second kappa shape index (κ2) is 7.37. The Morgan fingerprint density at radius 3 is 2.83 bits per heavy atom.